The van der Waals surface area contributed by atoms with E-state index in [0.29, 0.717) is 23.0 Å². The van der Waals surface area contributed by atoms with E-state index >= 15 is 0 Å². The van der Waals surface area contributed by atoms with Crippen LogP contribution in [-0.2, 0) is 11.3 Å². The zero-order chi connectivity index (χ0) is 19.1. The molecule has 0 spiro atoms. The number of aromatic nitrogens is 1. The standard InChI is InChI=1S/C21H20N2O4/c1-25-18-10-8-15(12-20(18)26-2)9-11-21(24)22-14-17-13-19(27-23-17)16-6-4-3-5-7-16/h3-13H,14H2,1-2H3,(H,22,24). The van der Waals surface area contributed by atoms with Crippen molar-refractivity contribution in [2.75, 3.05) is 14.2 Å². The van der Waals surface area contributed by atoms with Crippen LogP contribution in [-0.4, -0.2) is 25.3 Å². The summed E-state index contributed by atoms with van der Waals surface area (Å²) in [7, 11) is 3.15. The Kier molecular flexibility index (Phi) is 5.89. The lowest BCUT2D eigenvalue weighted by Gasteiger charge is -2.07. The molecule has 0 aliphatic carbocycles. The maximum Gasteiger partial charge on any atom is 0.244 e. The second-order valence-corrected chi connectivity index (χ2v) is 5.71. The average Bonchev–Trinajstić information content (AvgIpc) is 3.20. The van der Waals surface area contributed by atoms with E-state index in [9.17, 15) is 4.79 Å². The van der Waals surface area contributed by atoms with E-state index in [1.54, 1.807) is 32.4 Å². The number of carbonyl (C=O) groups excluding carboxylic acids is 1. The minimum absolute atomic E-state index is 0.228. The molecular formula is C21H20N2O4. The molecular weight excluding hydrogens is 344 g/mol. The van der Waals surface area contributed by atoms with Gasteiger partial charge in [-0.3, -0.25) is 4.79 Å². The fourth-order valence-electron chi connectivity index (χ4n) is 2.50. The first-order valence-electron chi connectivity index (χ1n) is 8.38. The number of carbonyl (C=O) groups is 1. The summed E-state index contributed by atoms with van der Waals surface area (Å²) in [4.78, 5) is 12.0. The first-order chi connectivity index (χ1) is 13.2. The Morgan fingerprint density at radius 3 is 2.59 bits per heavy atom. The van der Waals surface area contributed by atoms with E-state index in [0.717, 1.165) is 11.1 Å². The van der Waals surface area contributed by atoms with Crippen LogP contribution in [0.15, 0.2) is 65.2 Å². The molecule has 0 aliphatic rings. The fourth-order valence-corrected chi connectivity index (χ4v) is 2.50. The van der Waals surface area contributed by atoms with Gasteiger partial charge in [-0.15, -0.1) is 0 Å². The lowest BCUT2D eigenvalue weighted by Crippen LogP contribution is -2.20. The minimum atomic E-state index is -0.228. The third-order valence-corrected chi connectivity index (χ3v) is 3.90. The van der Waals surface area contributed by atoms with Crippen LogP contribution in [0, 0.1) is 0 Å². The lowest BCUT2D eigenvalue weighted by molar-refractivity contribution is -0.116. The van der Waals surface area contributed by atoms with Crippen LogP contribution >= 0.6 is 0 Å². The molecule has 0 unspecified atom stereocenters. The van der Waals surface area contributed by atoms with Gasteiger partial charge < -0.3 is 19.3 Å². The van der Waals surface area contributed by atoms with Crippen LogP contribution in [0.1, 0.15) is 11.3 Å². The highest BCUT2D eigenvalue weighted by Crippen LogP contribution is 2.28. The lowest BCUT2D eigenvalue weighted by atomic mass is 10.1. The van der Waals surface area contributed by atoms with E-state index in [-0.39, 0.29) is 12.5 Å². The fraction of sp³-hybridized carbons (Fsp3) is 0.143. The Morgan fingerprint density at radius 2 is 1.85 bits per heavy atom. The quantitative estimate of drug-likeness (QED) is 0.647. The zero-order valence-electron chi connectivity index (χ0n) is 15.1. The van der Waals surface area contributed by atoms with Gasteiger partial charge in [-0.2, -0.15) is 0 Å². The van der Waals surface area contributed by atoms with Gasteiger partial charge in [0, 0.05) is 17.7 Å². The van der Waals surface area contributed by atoms with Crippen LogP contribution in [0.2, 0.25) is 0 Å². The predicted octanol–water partition coefficient (Wildman–Crippen LogP) is 3.69. The zero-order valence-corrected chi connectivity index (χ0v) is 15.1. The summed E-state index contributed by atoms with van der Waals surface area (Å²) < 4.78 is 15.8. The molecule has 27 heavy (non-hydrogen) atoms. The first-order valence-corrected chi connectivity index (χ1v) is 8.38. The van der Waals surface area contributed by atoms with Crippen molar-refractivity contribution >= 4 is 12.0 Å². The topological polar surface area (TPSA) is 73.6 Å². The van der Waals surface area contributed by atoms with Crippen molar-refractivity contribution in [2.24, 2.45) is 0 Å². The highest BCUT2D eigenvalue weighted by atomic mass is 16.5. The summed E-state index contributed by atoms with van der Waals surface area (Å²) in [5.74, 6) is 1.69. The summed E-state index contributed by atoms with van der Waals surface area (Å²) in [6, 6.07) is 16.9. The molecule has 0 saturated heterocycles. The number of nitrogens with one attached hydrogen (secondary N) is 1. The average molecular weight is 364 g/mol. The second-order valence-electron chi connectivity index (χ2n) is 5.71. The number of benzene rings is 2. The molecule has 0 saturated carbocycles. The molecule has 6 heteroatoms. The number of hydrogen-bond donors (Lipinski definition) is 1. The highest BCUT2D eigenvalue weighted by Gasteiger charge is 2.07. The van der Waals surface area contributed by atoms with Gasteiger partial charge in [-0.25, -0.2) is 0 Å². The van der Waals surface area contributed by atoms with Gasteiger partial charge in [0.1, 0.15) is 5.69 Å². The van der Waals surface area contributed by atoms with Gasteiger partial charge in [-0.1, -0.05) is 41.6 Å². The van der Waals surface area contributed by atoms with Crippen molar-refractivity contribution in [3.63, 3.8) is 0 Å². The molecule has 0 bridgehead atoms. The molecule has 2 aromatic carbocycles. The molecule has 1 amide bonds. The third-order valence-electron chi connectivity index (χ3n) is 3.90. The summed E-state index contributed by atoms with van der Waals surface area (Å²) in [6.07, 6.45) is 3.16. The van der Waals surface area contributed by atoms with Crippen LogP contribution in [0.25, 0.3) is 17.4 Å². The maximum atomic E-state index is 12.0. The number of rotatable bonds is 7. The summed E-state index contributed by atoms with van der Waals surface area (Å²) >= 11 is 0. The Bertz CT molecular complexity index is 932. The van der Waals surface area contributed by atoms with E-state index in [1.807, 2.05) is 42.5 Å². The third kappa shape index (κ3) is 4.76. The van der Waals surface area contributed by atoms with Crippen molar-refractivity contribution in [3.05, 3.63) is 71.9 Å². The van der Waals surface area contributed by atoms with Gasteiger partial charge in [0.05, 0.1) is 20.8 Å². The molecule has 6 nitrogen and oxygen atoms in total. The monoisotopic (exact) mass is 364 g/mol. The normalized spacial score (nSPS) is 10.7. The largest absolute Gasteiger partial charge is 0.493 e. The molecule has 0 atom stereocenters. The van der Waals surface area contributed by atoms with Gasteiger partial charge in [-0.05, 0) is 23.8 Å². The molecule has 1 heterocycles. The van der Waals surface area contributed by atoms with Crippen LogP contribution in [0.5, 0.6) is 11.5 Å². The van der Waals surface area contributed by atoms with Crippen molar-refractivity contribution in [1.82, 2.24) is 10.5 Å². The SMILES string of the molecule is COc1ccc(C=CC(=O)NCc2cc(-c3ccccc3)on2)cc1OC. The minimum Gasteiger partial charge on any atom is -0.493 e. The van der Waals surface area contributed by atoms with Gasteiger partial charge in [0.2, 0.25) is 5.91 Å². The number of hydrogen-bond acceptors (Lipinski definition) is 5. The number of amides is 1. The number of methoxy groups -OCH3 is 2. The van der Waals surface area contributed by atoms with Crippen molar-refractivity contribution in [2.45, 2.75) is 6.54 Å². The number of ether oxygens (including phenoxy) is 2. The second kappa shape index (κ2) is 8.71. The Hall–Kier alpha value is -3.54. The molecule has 0 radical (unpaired) electrons. The molecule has 0 aliphatic heterocycles. The van der Waals surface area contributed by atoms with Crippen molar-refractivity contribution < 1.29 is 18.8 Å². The Morgan fingerprint density at radius 1 is 1.07 bits per heavy atom. The van der Waals surface area contributed by atoms with Crippen LogP contribution in [0.4, 0.5) is 0 Å². The van der Waals surface area contributed by atoms with Crippen LogP contribution < -0.4 is 14.8 Å². The van der Waals surface area contributed by atoms with Gasteiger partial charge in [0.25, 0.3) is 0 Å². The summed E-state index contributed by atoms with van der Waals surface area (Å²) in [6.45, 7) is 0.283. The molecule has 1 N–H and O–H groups in total. The van der Waals surface area contributed by atoms with E-state index in [2.05, 4.69) is 10.5 Å². The summed E-state index contributed by atoms with van der Waals surface area (Å²) in [5, 5.41) is 6.76. The maximum absolute atomic E-state index is 12.0. The predicted molar refractivity (Wildman–Crippen MR) is 102 cm³/mol. The van der Waals surface area contributed by atoms with Gasteiger partial charge >= 0.3 is 0 Å². The molecule has 0 fully saturated rings. The van der Waals surface area contributed by atoms with Gasteiger partial charge in [0.15, 0.2) is 17.3 Å². The first kappa shape index (κ1) is 18.3. The van der Waals surface area contributed by atoms with E-state index in [1.165, 1.54) is 6.08 Å². The Labute approximate surface area is 157 Å². The Balaban J connectivity index is 1.57. The molecule has 3 rings (SSSR count). The van der Waals surface area contributed by atoms with Crippen molar-refractivity contribution in [1.29, 1.82) is 0 Å². The summed E-state index contributed by atoms with van der Waals surface area (Å²) in [5.41, 5.74) is 2.42. The van der Waals surface area contributed by atoms with E-state index in [4.69, 9.17) is 14.0 Å². The van der Waals surface area contributed by atoms with E-state index < -0.39 is 0 Å². The van der Waals surface area contributed by atoms with Crippen molar-refractivity contribution in [3.8, 4) is 22.8 Å². The smallest absolute Gasteiger partial charge is 0.244 e. The number of nitrogens with zero attached hydrogens (tertiary/aromatic N) is 1. The molecule has 3 aromatic rings. The highest BCUT2D eigenvalue weighted by molar-refractivity contribution is 5.91. The van der Waals surface area contributed by atoms with Crippen LogP contribution in [0.3, 0.4) is 0 Å². The molecule has 138 valence electrons. The molecule has 1 aromatic heterocycles.